The average Bonchev–Trinajstić information content (AvgIpc) is 2.49. The first kappa shape index (κ1) is 16.4. The molecule has 2 rings (SSSR count). The van der Waals surface area contributed by atoms with Crippen LogP contribution in [0.15, 0.2) is 18.2 Å². The molecule has 0 aromatic heterocycles. The van der Waals surface area contributed by atoms with Crippen LogP contribution in [0.1, 0.15) is 31.2 Å². The minimum atomic E-state index is -0.834. The number of aliphatic hydroxyl groups is 1. The maximum atomic E-state index is 13.2. The van der Waals surface area contributed by atoms with Crippen LogP contribution < -0.4 is 10.6 Å². The van der Waals surface area contributed by atoms with E-state index in [-0.39, 0.29) is 18.2 Å². The zero-order valence-electron chi connectivity index (χ0n) is 12.6. The van der Waals surface area contributed by atoms with Gasteiger partial charge in [0, 0.05) is 18.2 Å². The highest BCUT2D eigenvalue weighted by Crippen LogP contribution is 2.23. The molecule has 1 aromatic rings. The molecule has 0 spiro atoms. The van der Waals surface area contributed by atoms with Gasteiger partial charge >= 0.3 is 11.8 Å². The zero-order chi connectivity index (χ0) is 16.1. The minimum absolute atomic E-state index is 0.0126. The van der Waals surface area contributed by atoms with Gasteiger partial charge in [0.2, 0.25) is 0 Å². The first-order valence-electron chi connectivity index (χ1n) is 7.51. The molecule has 0 heterocycles. The molecule has 1 saturated carbocycles. The van der Waals surface area contributed by atoms with Crippen molar-refractivity contribution in [3.8, 4) is 0 Å². The summed E-state index contributed by atoms with van der Waals surface area (Å²) in [6.45, 7) is 1.99. The van der Waals surface area contributed by atoms with Crippen molar-refractivity contribution in [1.29, 1.82) is 0 Å². The monoisotopic (exact) mass is 308 g/mol. The van der Waals surface area contributed by atoms with Crippen molar-refractivity contribution in [2.24, 2.45) is 5.92 Å². The summed E-state index contributed by atoms with van der Waals surface area (Å²) in [4.78, 5) is 23.6. The summed E-state index contributed by atoms with van der Waals surface area (Å²) in [7, 11) is 0. The molecule has 1 aromatic carbocycles. The molecule has 6 heteroatoms. The van der Waals surface area contributed by atoms with E-state index < -0.39 is 23.7 Å². The summed E-state index contributed by atoms with van der Waals surface area (Å²) in [5, 5.41) is 14.8. The second-order valence-electron chi connectivity index (χ2n) is 5.74. The van der Waals surface area contributed by atoms with Crippen molar-refractivity contribution in [1.82, 2.24) is 5.32 Å². The van der Waals surface area contributed by atoms with E-state index in [0.29, 0.717) is 5.56 Å². The summed E-state index contributed by atoms with van der Waals surface area (Å²) < 4.78 is 13.2. The first-order chi connectivity index (χ1) is 10.5. The van der Waals surface area contributed by atoms with E-state index in [2.05, 4.69) is 10.6 Å². The lowest BCUT2D eigenvalue weighted by atomic mass is 9.86. The van der Waals surface area contributed by atoms with Gasteiger partial charge < -0.3 is 15.7 Å². The molecule has 3 N–H and O–H groups in total. The van der Waals surface area contributed by atoms with E-state index in [9.17, 15) is 19.1 Å². The lowest BCUT2D eigenvalue weighted by Gasteiger charge is -2.27. The molecule has 0 saturated heterocycles. The Hall–Kier alpha value is -1.95. The van der Waals surface area contributed by atoms with Crippen molar-refractivity contribution in [3.63, 3.8) is 0 Å². The Kier molecular flexibility index (Phi) is 5.49. The molecule has 0 unspecified atom stereocenters. The van der Waals surface area contributed by atoms with Crippen LogP contribution in [0, 0.1) is 18.7 Å². The van der Waals surface area contributed by atoms with Gasteiger partial charge in [-0.1, -0.05) is 18.9 Å². The molecule has 2 atom stereocenters. The second-order valence-corrected chi connectivity index (χ2v) is 5.74. The third-order valence-corrected chi connectivity index (χ3v) is 4.05. The minimum Gasteiger partial charge on any atom is -0.393 e. The van der Waals surface area contributed by atoms with Crippen molar-refractivity contribution in [3.05, 3.63) is 29.6 Å². The van der Waals surface area contributed by atoms with Gasteiger partial charge in [-0.2, -0.15) is 0 Å². The molecule has 120 valence electrons. The van der Waals surface area contributed by atoms with Crippen LogP contribution in [0.5, 0.6) is 0 Å². The third kappa shape index (κ3) is 4.27. The lowest BCUT2D eigenvalue weighted by molar-refractivity contribution is -0.136. The van der Waals surface area contributed by atoms with Crippen LogP contribution in [-0.4, -0.2) is 29.6 Å². The summed E-state index contributed by atoms with van der Waals surface area (Å²) >= 11 is 0. The predicted molar refractivity (Wildman–Crippen MR) is 80.7 cm³/mol. The standard InChI is InChI=1S/C16H21FN2O3/c1-10-6-7-12(17)8-13(10)19-16(22)15(21)18-9-11-4-2-3-5-14(11)20/h6-8,11,14,20H,2-5,9H2,1H3,(H,18,21)(H,19,22)/t11-,14-/m1/s1. The van der Waals surface area contributed by atoms with E-state index in [1.165, 1.54) is 18.2 Å². The highest BCUT2D eigenvalue weighted by atomic mass is 19.1. The van der Waals surface area contributed by atoms with Crippen LogP contribution in [0.4, 0.5) is 10.1 Å². The largest absolute Gasteiger partial charge is 0.393 e. The fourth-order valence-corrected chi connectivity index (χ4v) is 2.64. The smallest absolute Gasteiger partial charge is 0.313 e. The highest BCUT2D eigenvalue weighted by molar-refractivity contribution is 6.39. The number of anilines is 1. The Morgan fingerprint density at radius 1 is 1.27 bits per heavy atom. The number of aliphatic hydroxyl groups excluding tert-OH is 1. The number of aryl methyl sites for hydroxylation is 1. The Labute approximate surface area is 128 Å². The Bertz CT molecular complexity index is 562. The topological polar surface area (TPSA) is 78.4 Å². The normalized spacial score (nSPS) is 21.2. The molecular formula is C16H21FN2O3. The molecule has 0 aliphatic heterocycles. The van der Waals surface area contributed by atoms with E-state index in [1.54, 1.807) is 6.92 Å². The number of rotatable bonds is 3. The molecule has 1 aliphatic rings. The van der Waals surface area contributed by atoms with Crippen LogP contribution in [0.25, 0.3) is 0 Å². The summed E-state index contributed by atoms with van der Waals surface area (Å²) in [5.41, 5.74) is 0.947. The van der Waals surface area contributed by atoms with Crippen LogP contribution >= 0.6 is 0 Å². The van der Waals surface area contributed by atoms with Gasteiger partial charge in [-0.25, -0.2) is 4.39 Å². The lowest BCUT2D eigenvalue weighted by Crippen LogP contribution is -2.41. The fraction of sp³-hybridized carbons (Fsp3) is 0.500. The van der Waals surface area contributed by atoms with Crippen molar-refractivity contribution >= 4 is 17.5 Å². The number of nitrogens with one attached hydrogen (secondary N) is 2. The number of benzene rings is 1. The van der Waals surface area contributed by atoms with Crippen molar-refractivity contribution in [2.75, 3.05) is 11.9 Å². The second kappa shape index (κ2) is 7.35. The molecule has 1 aliphatic carbocycles. The molecular weight excluding hydrogens is 287 g/mol. The number of hydrogen-bond donors (Lipinski definition) is 3. The Morgan fingerprint density at radius 2 is 2.00 bits per heavy atom. The van der Waals surface area contributed by atoms with E-state index in [0.717, 1.165) is 25.7 Å². The summed E-state index contributed by atoms with van der Waals surface area (Å²) in [5.74, 6) is -2.10. The number of amides is 2. The fourth-order valence-electron chi connectivity index (χ4n) is 2.64. The number of halogens is 1. The maximum absolute atomic E-state index is 13.2. The number of hydrogen-bond acceptors (Lipinski definition) is 3. The van der Waals surface area contributed by atoms with Crippen molar-refractivity contribution < 1.29 is 19.1 Å². The molecule has 5 nitrogen and oxygen atoms in total. The van der Waals surface area contributed by atoms with E-state index in [4.69, 9.17) is 0 Å². The number of carbonyl (C=O) groups is 2. The Morgan fingerprint density at radius 3 is 2.73 bits per heavy atom. The average molecular weight is 308 g/mol. The van der Waals surface area contributed by atoms with Crippen LogP contribution in [0.2, 0.25) is 0 Å². The molecule has 1 fully saturated rings. The van der Waals surface area contributed by atoms with Gasteiger partial charge in [0.1, 0.15) is 5.82 Å². The quantitative estimate of drug-likeness (QED) is 0.744. The zero-order valence-corrected chi connectivity index (χ0v) is 12.6. The van der Waals surface area contributed by atoms with Gasteiger partial charge in [0.25, 0.3) is 0 Å². The predicted octanol–water partition coefficient (Wildman–Crippen LogP) is 1.74. The van der Waals surface area contributed by atoms with Crippen molar-refractivity contribution in [2.45, 2.75) is 38.7 Å². The van der Waals surface area contributed by atoms with Crippen LogP contribution in [-0.2, 0) is 9.59 Å². The molecule has 0 radical (unpaired) electrons. The molecule has 0 bridgehead atoms. The van der Waals surface area contributed by atoms with Gasteiger partial charge in [-0.15, -0.1) is 0 Å². The third-order valence-electron chi connectivity index (χ3n) is 4.05. The summed E-state index contributed by atoms with van der Waals surface area (Å²) in [6.07, 6.45) is 3.15. The van der Waals surface area contributed by atoms with Crippen LogP contribution in [0.3, 0.4) is 0 Å². The summed E-state index contributed by atoms with van der Waals surface area (Å²) in [6, 6.07) is 3.99. The molecule has 22 heavy (non-hydrogen) atoms. The SMILES string of the molecule is Cc1ccc(F)cc1NC(=O)C(=O)NC[C@H]1CCCC[C@H]1O. The van der Waals surface area contributed by atoms with Gasteiger partial charge in [-0.05, 0) is 37.5 Å². The Balaban J connectivity index is 1.86. The first-order valence-corrected chi connectivity index (χ1v) is 7.51. The highest BCUT2D eigenvalue weighted by Gasteiger charge is 2.24. The maximum Gasteiger partial charge on any atom is 0.313 e. The number of carbonyl (C=O) groups excluding carboxylic acids is 2. The van der Waals surface area contributed by atoms with Gasteiger partial charge in [-0.3, -0.25) is 9.59 Å². The van der Waals surface area contributed by atoms with Gasteiger partial charge in [0.05, 0.1) is 6.10 Å². The van der Waals surface area contributed by atoms with Gasteiger partial charge in [0.15, 0.2) is 0 Å². The van der Waals surface area contributed by atoms with E-state index in [1.807, 2.05) is 0 Å². The molecule has 2 amide bonds. The van der Waals surface area contributed by atoms with E-state index >= 15 is 0 Å².